The van der Waals surface area contributed by atoms with Gasteiger partial charge in [-0.1, -0.05) is 0 Å². The lowest BCUT2D eigenvalue weighted by molar-refractivity contribution is -0.0926. The lowest BCUT2D eigenvalue weighted by Crippen LogP contribution is -2.60. The Kier molecular flexibility index (Phi) is 2.34. The van der Waals surface area contributed by atoms with Crippen molar-refractivity contribution >= 4 is 0 Å². The Morgan fingerprint density at radius 2 is 2.15 bits per heavy atom. The van der Waals surface area contributed by atoms with Crippen LogP contribution in [0.5, 0.6) is 0 Å². The van der Waals surface area contributed by atoms with E-state index in [1.54, 1.807) is 0 Å². The van der Waals surface area contributed by atoms with Crippen LogP contribution < -0.4 is 5.73 Å². The van der Waals surface area contributed by atoms with E-state index in [2.05, 4.69) is 19.0 Å². The van der Waals surface area contributed by atoms with Crippen LogP contribution in [-0.2, 0) is 4.74 Å². The number of fused-ring (bicyclic) bond motifs is 2. The molecule has 0 aromatic carbocycles. The number of hydrogen-bond acceptors (Lipinski definition) is 3. The molecule has 2 aliphatic heterocycles. The van der Waals surface area contributed by atoms with Gasteiger partial charge in [0.1, 0.15) is 0 Å². The van der Waals surface area contributed by atoms with E-state index in [0.29, 0.717) is 12.2 Å². The average Bonchev–Trinajstić information content (AvgIpc) is 2.50. The third-order valence-electron chi connectivity index (χ3n) is 3.85. The third-order valence-corrected chi connectivity index (χ3v) is 3.85. The number of hydrogen-bond donors (Lipinski definition) is 1. The number of likely N-dealkylation sites (N-methyl/N-ethyl adjacent to an activating group) is 1. The number of ether oxygens (including phenoxy) is 1. The molecular weight excluding hydrogens is 164 g/mol. The van der Waals surface area contributed by atoms with Crippen molar-refractivity contribution < 1.29 is 4.74 Å². The first-order chi connectivity index (χ1) is 6.19. The first-order valence-electron chi connectivity index (χ1n) is 5.22. The van der Waals surface area contributed by atoms with Gasteiger partial charge in [-0.25, -0.2) is 0 Å². The van der Waals surface area contributed by atoms with Gasteiger partial charge in [0, 0.05) is 6.54 Å². The van der Waals surface area contributed by atoms with Gasteiger partial charge in [-0.2, -0.15) is 0 Å². The molecule has 2 N–H and O–H groups in total. The van der Waals surface area contributed by atoms with Crippen LogP contribution >= 0.6 is 0 Å². The van der Waals surface area contributed by atoms with E-state index in [-0.39, 0.29) is 5.54 Å². The summed E-state index contributed by atoms with van der Waals surface area (Å²) >= 11 is 0. The summed E-state index contributed by atoms with van der Waals surface area (Å²) < 4.78 is 5.94. The fraction of sp³-hybridized carbons (Fsp3) is 1.00. The zero-order chi connectivity index (χ0) is 9.47. The van der Waals surface area contributed by atoms with Crippen molar-refractivity contribution in [2.75, 3.05) is 20.6 Å². The molecule has 0 aromatic rings. The highest BCUT2D eigenvalue weighted by molar-refractivity contribution is 5.03. The summed E-state index contributed by atoms with van der Waals surface area (Å²) in [6, 6.07) is 0. The summed E-state index contributed by atoms with van der Waals surface area (Å²) in [6.45, 7) is 0.720. The number of rotatable bonds is 2. The van der Waals surface area contributed by atoms with Crippen LogP contribution in [0, 0.1) is 0 Å². The maximum Gasteiger partial charge on any atom is 0.0775 e. The van der Waals surface area contributed by atoms with Gasteiger partial charge in [0.05, 0.1) is 17.7 Å². The molecule has 3 nitrogen and oxygen atoms in total. The molecule has 0 aromatic heterocycles. The van der Waals surface area contributed by atoms with Crippen LogP contribution in [0.25, 0.3) is 0 Å². The van der Waals surface area contributed by atoms with Crippen LogP contribution in [-0.4, -0.2) is 43.3 Å². The van der Waals surface area contributed by atoms with Crippen molar-refractivity contribution in [2.24, 2.45) is 5.73 Å². The molecular formula is C10H20N2O. The van der Waals surface area contributed by atoms with E-state index >= 15 is 0 Å². The van der Waals surface area contributed by atoms with Crippen LogP contribution in [0.3, 0.4) is 0 Å². The molecule has 2 bridgehead atoms. The maximum atomic E-state index is 5.94. The first kappa shape index (κ1) is 9.44. The maximum absolute atomic E-state index is 5.94. The van der Waals surface area contributed by atoms with Crippen LogP contribution in [0.4, 0.5) is 0 Å². The molecule has 13 heavy (non-hydrogen) atoms. The molecule has 0 radical (unpaired) electrons. The molecule has 2 saturated heterocycles. The van der Waals surface area contributed by atoms with Crippen molar-refractivity contribution in [3.05, 3.63) is 0 Å². The van der Waals surface area contributed by atoms with Crippen molar-refractivity contribution in [2.45, 2.75) is 43.4 Å². The Hall–Kier alpha value is -0.120. The summed E-state index contributed by atoms with van der Waals surface area (Å²) in [5, 5.41) is 0. The Labute approximate surface area is 80.2 Å². The number of nitrogens with two attached hydrogens (primary N) is 1. The van der Waals surface area contributed by atoms with E-state index in [9.17, 15) is 0 Å². The first-order valence-corrected chi connectivity index (χ1v) is 5.22. The molecule has 2 heterocycles. The summed E-state index contributed by atoms with van der Waals surface area (Å²) in [6.07, 6.45) is 5.73. The van der Waals surface area contributed by atoms with Crippen LogP contribution in [0.15, 0.2) is 0 Å². The van der Waals surface area contributed by atoms with E-state index in [1.807, 2.05) is 0 Å². The Morgan fingerprint density at radius 1 is 1.38 bits per heavy atom. The highest BCUT2D eigenvalue weighted by atomic mass is 16.5. The monoisotopic (exact) mass is 184 g/mol. The minimum atomic E-state index is 0.118. The highest BCUT2D eigenvalue weighted by Gasteiger charge is 2.48. The summed E-state index contributed by atoms with van der Waals surface area (Å²) in [4.78, 5) is 2.26. The molecule has 76 valence electrons. The van der Waals surface area contributed by atoms with Gasteiger partial charge in [0.2, 0.25) is 0 Å². The van der Waals surface area contributed by atoms with Gasteiger partial charge in [0.25, 0.3) is 0 Å². The standard InChI is InChI=1S/C10H20N2O/c1-12(2)10(7-11)6-5-8-3-4-9(10)13-8/h8-9H,3-7,11H2,1-2H3. The van der Waals surface area contributed by atoms with Crippen LogP contribution in [0.2, 0.25) is 0 Å². The predicted molar refractivity (Wildman–Crippen MR) is 52.6 cm³/mol. The van der Waals surface area contributed by atoms with Gasteiger partial charge in [-0.3, -0.25) is 0 Å². The molecule has 0 spiro atoms. The lowest BCUT2D eigenvalue weighted by Gasteiger charge is -2.46. The highest BCUT2D eigenvalue weighted by Crippen LogP contribution is 2.40. The quantitative estimate of drug-likeness (QED) is 0.682. The largest absolute Gasteiger partial charge is 0.373 e. The average molecular weight is 184 g/mol. The Morgan fingerprint density at radius 3 is 2.77 bits per heavy atom. The van der Waals surface area contributed by atoms with Crippen molar-refractivity contribution in [3.8, 4) is 0 Å². The second-order valence-electron chi connectivity index (χ2n) is 4.56. The van der Waals surface area contributed by atoms with Gasteiger partial charge in [-0.05, 0) is 39.8 Å². The number of nitrogens with zero attached hydrogens (tertiary/aromatic N) is 1. The fourth-order valence-electron chi connectivity index (χ4n) is 2.81. The minimum Gasteiger partial charge on any atom is -0.373 e. The third kappa shape index (κ3) is 1.30. The second kappa shape index (κ2) is 3.23. The predicted octanol–water partition coefficient (Wildman–Crippen LogP) is 0.587. The second-order valence-corrected chi connectivity index (χ2v) is 4.56. The topological polar surface area (TPSA) is 38.5 Å². The molecule has 3 heteroatoms. The van der Waals surface area contributed by atoms with Crippen LogP contribution in [0.1, 0.15) is 25.7 Å². The fourth-order valence-corrected chi connectivity index (χ4v) is 2.81. The van der Waals surface area contributed by atoms with E-state index in [0.717, 1.165) is 6.54 Å². The molecule has 3 unspecified atom stereocenters. The normalized spacial score (nSPS) is 44.3. The van der Waals surface area contributed by atoms with E-state index < -0.39 is 0 Å². The molecule has 2 rings (SSSR count). The molecule has 0 aliphatic carbocycles. The zero-order valence-corrected chi connectivity index (χ0v) is 8.62. The van der Waals surface area contributed by atoms with E-state index in [4.69, 9.17) is 10.5 Å². The van der Waals surface area contributed by atoms with Gasteiger partial charge in [0.15, 0.2) is 0 Å². The molecule has 0 saturated carbocycles. The van der Waals surface area contributed by atoms with Crippen molar-refractivity contribution in [1.82, 2.24) is 4.90 Å². The van der Waals surface area contributed by atoms with Gasteiger partial charge >= 0.3 is 0 Å². The summed E-state index contributed by atoms with van der Waals surface area (Å²) in [7, 11) is 4.24. The summed E-state index contributed by atoms with van der Waals surface area (Å²) in [5.74, 6) is 0. The van der Waals surface area contributed by atoms with Gasteiger partial charge < -0.3 is 15.4 Å². The zero-order valence-electron chi connectivity index (χ0n) is 8.62. The smallest absolute Gasteiger partial charge is 0.0775 e. The molecule has 2 fully saturated rings. The molecule has 2 aliphatic rings. The Balaban J connectivity index is 2.19. The van der Waals surface area contributed by atoms with Gasteiger partial charge in [-0.15, -0.1) is 0 Å². The Bertz CT molecular complexity index is 195. The van der Waals surface area contributed by atoms with Crippen molar-refractivity contribution in [1.29, 1.82) is 0 Å². The van der Waals surface area contributed by atoms with E-state index in [1.165, 1.54) is 25.7 Å². The lowest BCUT2D eigenvalue weighted by atomic mass is 9.85. The molecule has 3 atom stereocenters. The minimum absolute atomic E-state index is 0.118. The molecule has 0 amide bonds. The SMILES string of the molecule is CN(C)C1(CN)CCC2CCC1O2. The summed E-state index contributed by atoms with van der Waals surface area (Å²) in [5.41, 5.74) is 6.02. The van der Waals surface area contributed by atoms with Crippen molar-refractivity contribution in [3.63, 3.8) is 0 Å².